The number of methoxy groups -OCH3 is 2. The lowest BCUT2D eigenvalue weighted by molar-refractivity contribution is 0.0261. The Hall–Kier alpha value is -4.00. The van der Waals surface area contributed by atoms with Crippen LogP contribution < -0.4 is 14.2 Å². The zero-order chi connectivity index (χ0) is 35.9. The molecule has 6 rings (SSSR count). The summed E-state index contributed by atoms with van der Waals surface area (Å²) in [5.41, 5.74) is -0.865. The van der Waals surface area contributed by atoms with Crippen molar-refractivity contribution in [3.05, 3.63) is 36.7 Å². The molecule has 4 fully saturated rings. The lowest BCUT2D eigenvalue weighted by atomic mass is 10.0. The Morgan fingerprint density at radius 3 is 1.49 bits per heavy atom. The van der Waals surface area contributed by atoms with E-state index in [1.807, 2.05) is 52.5 Å². The third-order valence-electron chi connectivity index (χ3n) is 8.89. The van der Waals surface area contributed by atoms with E-state index in [2.05, 4.69) is 9.97 Å². The topological polar surface area (TPSA) is 153 Å². The summed E-state index contributed by atoms with van der Waals surface area (Å²) in [4.78, 5) is 35.5. The molecule has 272 valence electrons. The number of rotatable bonds is 4. The van der Waals surface area contributed by atoms with Crippen LogP contribution in [0.5, 0.6) is 23.3 Å². The fourth-order valence-electron chi connectivity index (χ4n) is 6.80. The van der Waals surface area contributed by atoms with Crippen molar-refractivity contribution in [2.75, 3.05) is 40.4 Å². The van der Waals surface area contributed by atoms with Crippen molar-refractivity contribution in [3.63, 3.8) is 0 Å². The fraction of sp³-hybridized carbons (Fsp3) is 0.667. The van der Waals surface area contributed by atoms with Gasteiger partial charge >= 0.3 is 12.2 Å². The van der Waals surface area contributed by atoms with Crippen molar-refractivity contribution in [3.8, 4) is 23.3 Å². The van der Waals surface area contributed by atoms with Crippen LogP contribution in [-0.2, 0) is 9.47 Å². The van der Waals surface area contributed by atoms with Gasteiger partial charge in [-0.25, -0.2) is 19.6 Å². The van der Waals surface area contributed by atoms with Gasteiger partial charge in [-0.05, 0) is 103 Å². The molecule has 49 heavy (non-hydrogen) atoms. The molecule has 2 aliphatic carbocycles. The van der Waals surface area contributed by atoms with E-state index in [4.69, 9.17) is 28.8 Å². The summed E-state index contributed by atoms with van der Waals surface area (Å²) in [6, 6.07) is 6.80. The van der Waals surface area contributed by atoms with Gasteiger partial charge in [-0.1, -0.05) is 0 Å². The summed E-state index contributed by atoms with van der Waals surface area (Å²) < 4.78 is 26.6. The maximum atomic E-state index is 12.2. The minimum Gasteiger partial charge on any atom is -0.506 e. The molecule has 0 bridgehead atoms. The molecule has 4 heterocycles. The number of carbonyl (C=O) groups is 2. The molecular weight excluding hydrogens is 632 g/mol. The van der Waals surface area contributed by atoms with Gasteiger partial charge in [-0.2, -0.15) is 0 Å². The van der Waals surface area contributed by atoms with Gasteiger partial charge < -0.3 is 43.7 Å². The number of aromatic hydroxyl groups is 1. The van der Waals surface area contributed by atoms with Crippen LogP contribution in [0, 0.1) is 23.7 Å². The van der Waals surface area contributed by atoms with Gasteiger partial charge in [-0.3, -0.25) is 0 Å². The molecule has 13 heteroatoms. The van der Waals surface area contributed by atoms with E-state index >= 15 is 0 Å². The minimum atomic E-state index is -0.443. The number of likely N-dealkylation sites (tertiary alicyclic amines) is 2. The molecule has 2 aromatic heterocycles. The van der Waals surface area contributed by atoms with Crippen LogP contribution in [-0.4, -0.2) is 106 Å². The minimum absolute atomic E-state index is 0.149. The number of hydrogen-bond donors (Lipinski definition) is 2. The highest BCUT2D eigenvalue weighted by atomic mass is 16.6. The predicted octanol–water partition coefficient (Wildman–Crippen LogP) is 5.53. The largest absolute Gasteiger partial charge is 0.506 e. The van der Waals surface area contributed by atoms with E-state index in [1.54, 1.807) is 30.3 Å². The zero-order valence-electron chi connectivity index (χ0n) is 30.1. The molecule has 2 N–H and O–H groups in total. The van der Waals surface area contributed by atoms with Crippen LogP contribution in [0.15, 0.2) is 36.7 Å². The van der Waals surface area contributed by atoms with Crippen LogP contribution in [0.25, 0.3) is 0 Å². The van der Waals surface area contributed by atoms with E-state index < -0.39 is 11.2 Å². The SMILES string of the molecule is CC(C)(C)OC(=O)N1CC2CC(O)CC2C1.COc1ccc(O)cn1.COc1ccc(OC2CC3CN(C(=O)OC(C)(C)C)CC3C2)cn1. The van der Waals surface area contributed by atoms with Crippen molar-refractivity contribution >= 4 is 12.2 Å². The van der Waals surface area contributed by atoms with Gasteiger partial charge in [0.15, 0.2) is 0 Å². The third kappa shape index (κ3) is 11.5. The molecule has 4 atom stereocenters. The molecule has 2 saturated carbocycles. The van der Waals surface area contributed by atoms with Gasteiger partial charge in [0, 0.05) is 38.3 Å². The average molecular weight is 687 g/mol. The summed E-state index contributed by atoms with van der Waals surface area (Å²) in [6.07, 6.45) is 6.26. The predicted molar refractivity (Wildman–Crippen MR) is 182 cm³/mol. The van der Waals surface area contributed by atoms with Gasteiger partial charge in [0.2, 0.25) is 11.8 Å². The second-order valence-electron chi connectivity index (χ2n) is 15.2. The highest BCUT2D eigenvalue weighted by Crippen LogP contribution is 2.40. The van der Waals surface area contributed by atoms with Crippen LogP contribution in [0.1, 0.15) is 67.2 Å². The highest BCUT2D eigenvalue weighted by Gasteiger charge is 2.45. The second-order valence-corrected chi connectivity index (χ2v) is 15.2. The Balaban J connectivity index is 0.000000185. The molecule has 2 amide bonds. The quantitative estimate of drug-likeness (QED) is 0.417. The zero-order valence-corrected chi connectivity index (χ0v) is 30.1. The van der Waals surface area contributed by atoms with E-state index in [1.165, 1.54) is 19.4 Å². The van der Waals surface area contributed by atoms with Gasteiger partial charge in [0.05, 0.1) is 38.8 Å². The molecule has 4 aliphatic rings. The fourth-order valence-corrected chi connectivity index (χ4v) is 6.80. The summed E-state index contributed by atoms with van der Waals surface area (Å²) in [6.45, 7) is 14.4. The molecule has 2 saturated heterocycles. The maximum absolute atomic E-state index is 12.2. The number of nitrogens with zero attached hydrogens (tertiary/aromatic N) is 4. The number of fused-ring (bicyclic) bond motifs is 2. The van der Waals surface area contributed by atoms with E-state index in [9.17, 15) is 14.7 Å². The number of pyridine rings is 2. The number of aromatic nitrogens is 2. The summed E-state index contributed by atoms with van der Waals surface area (Å²) >= 11 is 0. The highest BCUT2D eigenvalue weighted by molar-refractivity contribution is 5.69. The molecule has 0 aromatic carbocycles. The standard InChI is InChI=1S/C18H26N2O4.C12H21NO3.C6H7NO2/c1-18(2,3)24-17(21)20-10-12-7-15(8-13(12)11-20)23-14-5-6-16(22-4)19-9-14;1-12(2,3)16-11(15)13-6-8-4-10(14)5-9(8)7-13;1-9-6-3-2-5(8)4-7-6/h5-6,9,12-13,15H,7-8,10-11H2,1-4H3;8-10,14H,4-7H2,1-3H3;2-4,8H,1H3. The van der Waals surface area contributed by atoms with E-state index in [0.29, 0.717) is 35.4 Å². The molecule has 0 spiro atoms. The molecule has 4 unspecified atom stereocenters. The Morgan fingerprint density at radius 1 is 0.694 bits per heavy atom. The average Bonchev–Trinajstić information content (AvgIpc) is 3.77. The van der Waals surface area contributed by atoms with Gasteiger partial charge in [0.25, 0.3) is 0 Å². The van der Waals surface area contributed by atoms with E-state index in [-0.39, 0.29) is 30.1 Å². The van der Waals surface area contributed by atoms with Crippen molar-refractivity contribution < 1.29 is 43.5 Å². The normalized spacial score (nSPS) is 25.6. The summed E-state index contributed by atoms with van der Waals surface area (Å²) in [5.74, 6) is 3.94. The number of hydrogen-bond acceptors (Lipinski definition) is 11. The van der Waals surface area contributed by atoms with Gasteiger partial charge in [0.1, 0.15) is 22.7 Å². The molecule has 2 aromatic rings. The Labute approximate surface area is 289 Å². The third-order valence-corrected chi connectivity index (χ3v) is 8.89. The van der Waals surface area contributed by atoms with Crippen LogP contribution >= 0.6 is 0 Å². The first kappa shape index (κ1) is 37.8. The maximum Gasteiger partial charge on any atom is 0.410 e. The van der Waals surface area contributed by atoms with Gasteiger partial charge in [-0.15, -0.1) is 0 Å². The molecule has 2 aliphatic heterocycles. The lowest BCUT2D eigenvalue weighted by Gasteiger charge is -2.25. The first-order valence-corrected chi connectivity index (χ1v) is 17.0. The Kier molecular flexibility index (Phi) is 12.5. The molecule has 0 radical (unpaired) electrons. The number of ether oxygens (including phenoxy) is 5. The summed E-state index contributed by atoms with van der Waals surface area (Å²) in [5, 5.41) is 18.2. The molecular formula is C36H54N4O9. The first-order chi connectivity index (χ1) is 23.0. The van der Waals surface area contributed by atoms with Crippen LogP contribution in [0.3, 0.4) is 0 Å². The lowest BCUT2D eigenvalue weighted by Crippen LogP contribution is -2.36. The first-order valence-electron chi connectivity index (χ1n) is 17.0. The summed E-state index contributed by atoms with van der Waals surface area (Å²) in [7, 11) is 3.12. The van der Waals surface area contributed by atoms with Crippen molar-refractivity contribution in [1.29, 1.82) is 0 Å². The van der Waals surface area contributed by atoms with E-state index in [0.717, 1.165) is 57.6 Å². The number of amides is 2. The van der Waals surface area contributed by atoms with Crippen molar-refractivity contribution in [2.45, 2.75) is 90.6 Å². The number of aliphatic hydroxyl groups is 1. The van der Waals surface area contributed by atoms with Crippen LogP contribution in [0.4, 0.5) is 9.59 Å². The van der Waals surface area contributed by atoms with Crippen molar-refractivity contribution in [2.24, 2.45) is 23.7 Å². The molecule has 13 nitrogen and oxygen atoms in total. The second kappa shape index (κ2) is 16.1. The Morgan fingerprint density at radius 2 is 1.12 bits per heavy atom. The number of aliphatic hydroxyl groups excluding tert-OH is 1. The van der Waals surface area contributed by atoms with Crippen LogP contribution in [0.2, 0.25) is 0 Å². The smallest absolute Gasteiger partial charge is 0.410 e. The Bertz CT molecular complexity index is 1330. The van der Waals surface area contributed by atoms with Crippen molar-refractivity contribution in [1.82, 2.24) is 19.8 Å². The monoisotopic (exact) mass is 686 g/mol. The number of carbonyl (C=O) groups excluding carboxylic acids is 2.